The second kappa shape index (κ2) is 6.25. The van der Waals surface area contributed by atoms with Gasteiger partial charge in [-0.1, -0.05) is 30.3 Å². The number of benzene rings is 2. The molecule has 3 amide bonds. The summed E-state index contributed by atoms with van der Waals surface area (Å²) in [4.78, 5) is 25.7. The van der Waals surface area contributed by atoms with Gasteiger partial charge in [0.05, 0.1) is 12.6 Å². The highest BCUT2D eigenvalue weighted by molar-refractivity contribution is 6.07. The molecule has 0 aliphatic carbocycles. The molecule has 3 rings (SSSR count). The van der Waals surface area contributed by atoms with Crippen molar-refractivity contribution in [3.63, 3.8) is 0 Å². The van der Waals surface area contributed by atoms with Crippen LogP contribution in [0.25, 0.3) is 0 Å². The van der Waals surface area contributed by atoms with Gasteiger partial charge in [-0.25, -0.2) is 13.6 Å². The average molecular weight is 346 g/mol. The van der Waals surface area contributed by atoms with Crippen LogP contribution in [0.15, 0.2) is 48.5 Å². The lowest BCUT2D eigenvalue weighted by atomic mass is 9.91. The van der Waals surface area contributed by atoms with Crippen LogP contribution < -0.4 is 5.32 Å². The molecule has 1 saturated heterocycles. The highest BCUT2D eigenvalue weighted by Gasteiger charge is 2.50. The van der Waals surface area contributed by atoms with Crippen molar-refractivity contribution in [3.05, 3.63) is 71.3 Å². The maximum atomic E-state index is 14.1. The van der Waals surface area contributed by atoms with Crippen LogP contribution in [-0.4, -0.2) is 28.5 Å². The lowest BCUT2D eigenvalue weighted by molar-refractivity contribution is -0.132. The minimum absolute atomic E-state index is 0.262. The monoisotopic (exact) mass is 346 g/mol. The number of aliphatic hydroxyl groups excluding tert-OH is 1. The Morgan fingerprint density at radius 3 is 2.52 bits per heavy atom. The number of nitrogens with zero attached hydrogens (tertiary/aromatic N) is 1. The van der Waals surface area contributed by atoms with Crippen molar-refractivity contribution in [2.45, 2.75) is 18.6 Å². The van der Waals surface area contributed by atoms with Crippen LogP contribution in [0.2, 0.25) is 0 Å². The number of aliphatic hydroxyl groups is 1. The molecule has 2 aromatic rings. The zero-order chi connectivity index (χ0) is 18.2. The Bertz CT molecular complexity index is 828. The smallest absolute Gasteiger partial charge is 0.325 e. The first-order valence-electron chi connectivity index (χ1n) is 7.65. The van der Waals surface area contributed by atoms with Crippen LogP contribution in [0, 0.1) is 11.6 Å². The predicted octanol–water partition coefficient (Wildman–Crippen LogP) is 2.47. The summed E-state index contributed by atoms with van der Waals surface area (Å²) >= 11 is 0. The van der Waals surface area contributed by atoms with E-state index in [0.717, 1.165) is 23.1 Å². The largest absolute Gasteiger partial charge is 0.387 e. The van der Waals surface area contributed by atoms with Gasteiger partial charge in [0.15, 0.2) is 0 Å². The van der Waals surface area contributed by atoms with Crippen molar-refractivity contribution in [2.75, 3.05) is 6.54 Å². The molecule has 0 radical (unpaired) electrons. The quantitative estimate of drug-likeness (QED) is 0.836. The zero-order valence-electron chi connectivity index (χ0n) is 13.4. The maximum Gasteiger partial charge on any atom is 0.325 e. The molecule has 0 aromatic heterocycles. The van der Waals surface area contributed by atoms with E-state index >= 15 is 0 Å². The number of rotatable bonds is 4. The minimum atomic E-state index is -1.74. The third-order valence-corrected chi connectivity index (χ3v) is 4.28. The van der Waals surface area contributed by atoms with Gasteiger partial charge in [0, 0.05) is 5.56 Å². The second-order valence-corrected chi connectivity index (χ2v) is 6.02. The molecule has 2 aromatic carbocycles. The van der Waals surface area contributed by atoms with E-state index in [4.69, 9.17) is 0 Å². The fourth-order valence-corrected chi connectivity index (χ4v) is 2.88. The van der Waals surface area contributed by atoms with Gasteiger partial charge in [-0.3, -0.25) is 9.69 Å². The first-order valence-corrected chi connectivity index (χ1v) is 7.65. The summed E-state index contributed by atoms with van der Waals surface area (Å²) in [5.74, 6) is -2.28. The van der Waals surface area contributed by atoms with Crippen LogP contribution in [-0.2, 0) is 10.3 Å². The molecule has 7 heteroatoms. The van der Waals surface area contributed by atoms with Crippen LogP contribution in [0.3, 0.4) is 0 Å². The normalized spacial score (nSPS) is 21.4. The van der Waals surface area contributed by atoms with Gasteiger partial charge in [-0.15, -0.1) is 0 Å². The summed E-state index contributed by atoms with van der Waals surface area (Å²) in [5, 5.41) is 12.6. The average Bonchev–Trinajstić information content (AvgIpc) is 2.81. The topological polar surface area (TPSA) is 69.6 Å². The van der Waals surface area contributed by atoms with Gasteiger partial charge in [0.1, 0.15) is 17.2 Å². The first kappa shape index (κ1) is 17.0. The molecule has 1 aliphatic rings. The van der Waals surface area contributed by atoms with E-state index in [1.807, 2.05) is 0 Å². The van der Waals surface area contributed by atoms with E-state index in [-0.39, 0.29) is 12.1 Å². The fourth-order valence-electron chi connectivity index (χ4n) is 2.88. The zero-order valence-corrected chi connectivity index (χ0v) is 13.4. The number of amides is 3. The van der Waals surface area contributed by atoms with Crippen molar-refractivity contribution >= 4 is 11.9 Å². The molecule has 0 bridgehead atoms. The minimum Gasteiger partial charge on any atom is -0.387 e. The number of imide groups is 1. The fraction of sp³-hybridized carbons (Fsp3) is 0.222. The van der Waals surface area contributed by atoms with Gasteiger partial charge < -0.3 is 10.4 Å². The first-order chi connectivity index (χ1) is 11.8. The summed E-state index contributed by atoms with van der Waals surface area (Å²) in [6, 6.07) is 10.5. The molecule has 1 aliphatic heterocycles. The summed E-state index contributed by atoms with van der Waals surface area (Å²) in [7, 11) is 0. The molecule has 25 heavy (non-hydrogen) atoms. The lowest BCUT2D eigenvalue weighted by Crippen LogP contribution is -2.42. The van der Waals surface area contributed by atoms with E-state index in [0.29, 0.717) is 5.56 Å². The Morgan fingerprint density at radius 1 is 1.16 bits per heavy atom. The molecule has 1 heterocycles. The summed E-state index contributed by atoms with van der Waals surface area (Å²) in [6.45, 7) is 1.02. The molecular formula is C18H16F2N2O3. The standard InChI is InChI=1S/C18H16F2N2O3/c1-18(13-9-12(19)7-8-14(13)20)16(24)22(17(25)21-18)10-15(23)11-5-3-2-4-6-11/h2-9,15,23H,10H2,1H3,(H,21,25)/t15-,18+/m0/s1. The third-order valence-electron chi connectivity index (χ3n) is 4.28. The number of β-amino-alcohol motifs (C(OH)–C–C–N with tert-alkyl or cyclic N) is 1. The summed E-state index contributed by atoms with van der Waals surface area (Å²) < 4.78 is 27.6. The van der Waals surface area contributed by atoms with E-state index in [1.165, 1.54) is 6.92 Å². The van der Waals surface area contributed by atoms with Crippen LogP contribution >= 0.6 is 0 Å². The van der Waals surface area contributed by atoms with Gasteiger partial charge in [0.25, 0.3) is 5.91 Å². The number of carbonyl (C=O) groups is 2. The summed E-state index contributed by atoms with van der Waals surface area (Å²) in [6.07, 6.45) is -1.09. The SMILES string of the molecule is C[C@]1(c2cc(F)ccc2F)NC(=O)N(C[C@H](O)c2ccccc2)C1=O. The molecule has 1 fully saturated rings. The second-order valence-electron chi connectivity index (χ2n) is 6.02. The highest BCUT2D eigenvalue weighted by Crippen LogP contribution is 2.32. The van der Waals surface area contributed by atoms with Gasteiger partial charge in [0.2, 0.25) is 0 Å². The van der Waals surface area contributed by atoms with E-state index in [9.17, 15) is 23.5 Å². The molecule has 2 atom stereocenters. The predicted molar refractivity (Wildman–Crippen MR) is 85.4 cm³/mol. The number of halogens is 2. The molecule has 5 nitrogen and oxygen atoms in total. The molecule has 130 valence electrons. The van der Waals surface area contributed by atoms with Gasteiger partial charge >= 0.3 is 6.03 Å². The van der Waals surface area contributed by atoms with E-state index in [1.54, 1.807) is 30.3 Å². The van der Waals surface area contributed by atoms with Crippen molar-refractivity contribution in [1.29, 1.82) is 0 Å². The number of hydrogen-bond acceptors (Lipinski definition) is 3. The molecule has 0 saturated carbocycles. The lowest BCUT2D eigenvalue weighted by Gasteiger charge is -2.23. The van der Waals surface area contributed by atoms with Crippen LogP contribution in [0.1, 0.15) is 24.2 Å². The number of hydrogen-bond donors (Lipinski definition) is 2. The van der Waals surface area contributed by atoms with Crippen molar-refractivity contribution in [1.82, 2.24) is 10.2 Å². The maximum absolute atomic E-state index is 14.1. The summed E-state index contributed by atoms with van der Waals surface area (Å²) in [5.41, 5.74) is -1.46. The Kier molecular flexibility index (Phi) is 4.26. The highest BCUT2D eigenvalue weighted by atomic mass is 19.1. The third kappa shape index (κ3) is 2.98. The molecule has 2 N–H and O–H groups in total. The van der Waals surface area contributed by atoms with Gasteiger partial charge in [-0.05, 0) is 30.7 Å². The van der Waals surface area contributed by atoms with Crippen molar-refractivity contribution < 1.29 is 23.5 Å². The molecule has 0 spiro atoms. The molecule has 0 unspecified atom stereocenters. The Hall–Kier alpha value is -2.80. The number of urea groups is 1. The van der Waals surface area contributed by atoms with Gasteiger partial charge in [-0.2, -0.15) is 0 Å². The van der Waals surface area contributed by atoms with Crippen LogP contribution in [0.4, 0.5) is 13.6 Å². The Morgan fingerprint density at radius 2 is 1.84 bits per heavy atom. The van der Waals surface area contributed by atoms with Crippen molar-refractivity contribution in [3.8, 4) is 0 Å². The number of carbonyl (C=O) groups excluding carboxylic acids is 2. The van der Waals surface area contributed by atoms with Crippen molar-refractivity contribution in [2.24, 2.45) is 0 Å². The Labute approximate surface area is 142 Å². The number of nitrogens with one attached hydrogen (secondary N) is 1. The van der Waals surface area contributed by atoms with E-state index < -0.39 is 35.2 Å². The Balaban J connectivity index is 1.88. The molecular weight excluding hydrogens is 330 g/mol. The van der Waals surface area contributed by atoms with Crippen LogP contribution in [0.5, 0.6) is 0 Å². The van der Waals surface area contributed by atoms with E-state index in [2.05, 4.69) is 5.32 Å².